The van der Waals surface area contributed by atoms with Crippen molar-refractivity contribution >= 4 is 30.3 Å². The van der Waals surface area contributed by atoms with Crippen molar-refractivity contribution < 1.29 is 4.62 Å². The maximum Gasteiger partial charge on any atom is 0.451 e. The molecule has 7 rings (SSSR count). The Hall–Kier alpha value is -2.79. The molecule has 4 aromatic heterocycles. The highest BCUT2D eigenvalue weighted by atomic mass is 31.2. The second-order valence-corrected chi connectivity index (χ2v) is 11.9. The topological polar surface area (TPSA) is 117 Å². The normalized spacial score (nSPS) is 20.0. The number of hydrogen-bond acceptors (Lipinski definition) is 10. The SMILES string of the molecule is c1cnc2c(c1)nnn2O[P+](N1CCCC1)(N1CCCC1)N1CCCC1.c1cnc2n[nH]nc2c1. The van der Waals surface area contributed by atoms with E-state index in [0.29, 0.717) is 5.65 Å². The van der Waals surface area contributed by atoms with E-state index < -0.39 is 7.94 Å². The second kappa shape index (κ2) is 10.1. The molecule has 0 amide bonds. The van der Waals surface area contributed by atoms with Crippen molar-refractivity contribution in [2.75, 3.05) is 39.3 Å². The van der Waals surface area contributed by atoms with Crippen LogP contribution in [0.2, 0.25) is 0 Å². The van der Waals surface area contributed by atoms with Crippen LogP contribution < -0.4 is 4.62 Å². The van der Waals surface area contributed by atoms with Crippen molar-refractivity contribution in [3.8, 4) is 0 Å². The van der Waals surface area contributed by atoms with Crippen molar-refractivity contribution in [3.63, 3.8) is 0 Å². The van der Waals surface area contributed by atoms with Crippen molar-refractivity contribution in [2.45, 2.75) is 38.5 Å². The van der Waals surface area contributed by atoms with Gasteiger partial charge in [0, 0.05) is 51.7 Å². The van der Waals surface area contributed by atoms with E-state index in [1.807, 2.05) is 24.3 Å². The molecule has 13 heteroatoms. The summed E-state index contributed by atoms with van der Waals surface area (Å²) in [5, 5.41) is 18.7. The number of aromatic amines is 1. The van der Waals surface area contributed by atoms with Gasteiger partial charge in [-0.2, -0.15) is 14.9 Å². The summed E-state index contributed by atoms with van der Waals surface area (Å²) >= 11 is 0. The van der Waals surface area contributed by atoms with Gasteiger partial charge >= 0.3 is 7.94 Å². The molecule has 0 saturated carbocycles. The van der Waals surface area contributed by atoms with Gasteiger partial charge in [-0.1, -0.05) is 0 Å². The molecule has 0 aliphatic carbocycles. The third-order valence-electron chi connectivity index (χ3n) is 6.81. The van der Waals surface area contributed by atoms with Crippen LogP contribution in [0.1, 0.15) is 38.5 Å². The van der Waals surface area contributed by atoms with E-state index in [1.165, 1.54) is 38.5 Å². The lowest BCUT2D eigenvalue weighted by molar-refractivity contribution is 0.168. The van der Waals surface area contributed by atoms with Gasteiger partial charge < -0.3 is 0 Å². The molecular weight excluding hydrogens is 465 g/mol. The summed E-state index contributed by atoms with van der Waals surface area (Å²) in [7, 11) is -2.11. The molecule has 7 heterocycles. The van der Waals surface area contributed by atoms with Crippen LogP contribution in [-0.2, 0) is 0 Å². The largest absolute Gasteiger partial charge is 0.451 e. The molecule has 35 heavy (non-hydrogen) atoms. The Morgan fingerprint density at radius 2 is 1.29 bits per heavy atom. The molecule has 0 atom stereocenters. The number of aromatic nitrogens is 8. The van der Waals surface area contributed by atoms with Crippen LogP contribution in [0, 0.1) is 0 Å². The van der Waals surface area contributed by atoms with Crippen molar-refractivity contribution in [3.05, 3.63) is 36.7 Å². The number of pyridine rings is 2. The lowest BCUT2D eigenvalue weighted by Gasteiger charge is -2.39. The molecule has 0 unspecified atom stereocenters. The second-order valence-electron chi connectivity index (χ2n) is 9.06. The lowest BCUT2D eigenvalue weighted by atomic mass is 10.4. The van der Waals surface area contributed by atoms with E-state index in [2.05, 4.69) is 49.7 Å². The Bertz CT molecular complexity index is 1170. The van der Waals surface area contributed by atoms with Gasteiger partial charge in [0.1, 0.15) is 11.0 Å². The molecule has 184 valence electrons. The maximum absolute atomic E-state index is 6.88. The zero-order chi connectivity index (χ0) is 23.5. The highest BCUT2D eigenvalue weighted by Crippen LogP contribution is 2.68. The van der Waals surface area contributed by atoms with E-state index in [0.717, 1.165) is 55.9 Å². The van der Waals surface area contributed by atoms with Gasteiger partial charge in [0.25, 0.3) is 0 Å². The molecule has 0 radical (unpaired) electrons. The van der Waals surface area contributed by atoms with E-state index in [4.69, 9.17) is 4.62 Å². The minimum absolute atomic E-state index is 0.664. The van der Waals surface area contributed by atoms with E-state index >= 15 is 0 Å². The Balaban J connectivity index is 0.000000212. The van der Waals surface area contributed by atoms with Gasteiger partial charge in [-0.3, -0.25) is 0 Å². The molecule has 0 aromatic carbocycles. The summed E-state index contributed by atoms with van der Waals surface area (Å²) in [5.41, 5.74) is 2.97. The fourth-order valence-corrected chi connectivity index (χ4v) is 9.28. The lowest BCUT2D eigenvalue weighted by Crippen LogP contribution is -2.47. The summed E-state index contributed by atoms with van der Waals surface area (Å²) < 4.78 is 14.8. The summed E-state index contributed by atoms with van der Waals surface area (Å²) in [5.74, 6) is 0. The fraction of sp³-hybridized carbons (Fsp3) is 0.545. The molecule has 0 spiro atoms. The van der Waals surface area contributed by atoms with E-state index in [-0.39, 0.29) is 0 Å². The first-order valence-electron chi connectivity index (χ1n) is 12.5. The molecule has 4 aromatic rings. The van der Waals surface area contributed by atoms with Gasteiger partial charge in [0.15, 0.2) is 0 Å². The Kier molecular flexibility index (Phi) is 6.51. The smallest absolute Gasteiger partial charge is 0.234 e. The summed E-state index contributed by atoms with van der Waals surface area (Å²) in [6.07, 6.45) is 11.0. The Labute approximate surface area is 204 Å². The van der Waals surface area contributed by atoms with Crippen LogP contribution in [0.4, 0.5) is 0 Å². The fourth-order valence-electron chi connectivity index (χ4n) is 5.17. The number of fused-ring (bicyclic) bond motifs is 2. The van der Waals surface area contributed by atoms with Gasteiger partial charge in [0.05, 0.1) is 0 Å². The average molecular weight is 497 g/mol. The molecule has 3 aliphatic rings. The summed E-state index contributed by atoms with van der Waals surface area (Å²) in [6, 6.07) is 7.51. The zero-order valence-corrected chi connectivity index (χ0v) is 20.7. The van der Waals surface area contributed by atoms with Gasteiger partial charge in [-0.25, -0.2) is 9.97 Å². The van der Waals surface area contributed by atoms with Crippen LogP contribution >= 0.6 is 7.94 Å². The molecule has 12 nitrogen and oxygen atoms in total. The minimum Gasteiger partial charge on any atom is -0.234 e. The first-order valence-corrected chi connectivity index (χ1v) is 14.0. The molecule has 3 fully saturated rings. The maximum atomic E-state index is 6.88. The Morgan fingerprint density at radius 1 is 0.714 bits per heavy atom. The highest BCUT2D eigenvalue weighted by Gasteiger charge is 2.64. The predicted octanol–water partition coefficient (Wildman–Crippen LogP) is 2.57. The van der Waals surface area contributed by atoms with Crippen molar-refractivity contribution in [1.82, 2.24) is 54.5 Å². The van der Waals surface area contributed by atoms with Gasteiger partial charge in [-0.05, 0) is 72.8 Å². The monoisotopic (exact) mass is 496 g/mol. The minimum atomic E-state index is -2.11. The number of rotatable bonds is 5. The quantitative estimate of drug-likeness (QED) is 0.413. The Morgan fingerprint density at radius 3 is 1.89 bits per heavy atom. The van der Waals surface area contributed by atoms with Crippen LogP contribution in [0.15, 0.2) is 36.7 Å². The number of hydrogen-bond donors (Lipinski definition) is 1. The number of nitrogens with zero attached hydrogens (tertiary/aromatic N) is 10. The van der Waals surface area contributed by atoms with Gasteiger partial charge in [-0.15, -0.1) is 24.2 Å². The van der Waals surface area contributed by atoms with E-state index in [1.54, 1.807) is 17.2 Å². The average Bonchev–Trinajstić information content (AvgIpc) is 3.74. The standard InChI is InChI=1S/C17H27N7OP.C5H4N4/c1-2-11-21(10-1)26(22-12-3-4-13-22,23-14-5-6-15-23)25-24-17-16(19-20-24)8-7-9-18-17;1-2-4-5(6-3-1)8-9-7-4/h7-9H,1-6,10-15H2;1-3H,(H,6,7,8,9)/q+1;. The number of H-pyrrole nitrogens is 1. The molecular formula is C22H31N11OP+. The van der Waals surface area contributed by atoms with Crippen LogP contribution in [0.25, 0.3) is 22.3 Å². The van der Waals surface area contributed by atoms with Crippen molar-refractivity contribution in [2.24, 2.45) is 0 Å². The van der Waals surface area contributed by atoms with Crippen LogP contribution in [0.3, 0.4) is 0 Å². The third kappa shape index (κ3) is 4.35. The summed E-state index contributed by atoms with van der Waals surface area (Å²) in [4.78, 5) is 10.0. The molecule has 3 aliphatic heterocycles. The van der Waals surface area contributed by atoms with E-state index in [9.17, 15) is 0 Å². The zero-order valence-electron chi connectivity index (χ0n) is 19.8. The predicted molar refractivity (Wildman–Crippen MR) is 133 cm³/mol. The molecule has 0 bridgehead atoms. The highest BCUT2D eigenvalue weighted by molar-refractivity contribution is 7.64. The summed E-state index contributed by atoms with van der Waals surface area (Å²) in [6.45, 7) is 6.67. The van der Waals surface area contributed by atoms with Crippen LogP contribution in [0.5, 0.6) is 0 Å². The first-order chi connectivity index (χ1) is 17.3. The van der Waals surface area contributed by atoms with Crippen molar-refractivity contribution in [1.29, 1.82) is 0 Å². The van der Waals surface area contributed by atoms with Gasteiger partial charge in [0.2, 0.25) is 11.3 Å². The third-order valence-corrected chi connectivity index (χ3v) is 10.6. The molecule has 1 N–H and O–H groups in total. The first kappa shape index (κ1) is 22.7. The van der Waals surface area contributed by atoms with Crippen LogP contribution in [-0.4, -0.2) is 93.8 Å². The molecule has 3 saturated heterocycles. The number of nitrogens with one attached hydrogen (secondary N) is 1.